The highest BCUT2D eigenvalue weighted by atomic mass is 31.2. The fraction of sp³-hybridized carbons (Fsp3) is 0.812. The Hall–Kier alpha value is -0.640. The zero-order valence-corrected chi connectivity index (χ0v) is 14.8. The van der Waals surface area contributed by atoms with Crippen molar-refractivity contribution in [3.8, 4) is 0 Å². The molecule has 0 aliphatic rings. The van der Waals surface area contributed by atoms with E-state index in [1.807, 2.05) is 23.3 Å². The molecule has 5 nitrogen and oxygen atoms in total. The molecule has 0 saturated heterocycles. The van der Waals surface area contributed by atoms with Gasteiger partial charge in [-0.3, -0.25) is 9.55 Å². The molecule has 0 bridgehead atoms. The van der Waals surface area contributed by atoms with Crippen LogP contribution in [0.4, 0.5) is 0 Å². The van der Waals surface area contributed by atoms with Gasteiger partial charge in [-0.2, -0.15) is 0 Å². The van der Waals surface area contributed by atoms with Gasteiger partial charge < -0.3 is 9.79 Å². The lowest BCUT2D eigenvalue weighted by Crippen LogP contribution is -2.38. The van der Waals surface area contributed by atoms with Crippen LogP contribution in [0.15, 0.2) is 18.7 Å². The summed E-state index contributed by atoms with van der Waals surface area (Å²) in [6.07, 6.45) is 15.9. The Morgan fingerprint density at radius 2 is 1.77 bits per heavy atom. The van der Waals surface area contributed by atoms with E-state index in [1.54, 1.807) is 6.92 Å². The van der Waals surface area contributed by atoms with Crippen molar-refractivity contribution in [3.05, 3.63) is 18.7 Å². The van der Waals surface area contributed by atoms with Crippen molar-refractivity contribution < 1.29 is 18.9 Å². The molecule has 1 heterocycles. The fourth-order valence-electron chi connectivity index (χ4n) is 2.79. The molecule has 0 saturated carbocycles. The smallest absolute Gasteiger partial charge is 0.324 e. The number of imidazole rings is 1. The van der Waals surface area contributed by atoms with Crippen molar-refractivity contribution in [2.45, 2.75) is 83.3 Å². The molecule has 0 spiro atoms. The van der Waals surface area contributed by atoms with Gasteiger partial charge in [-0.25, -0.2) is 4.57 Å². The van der Waals surface area contributed by atoms with Gasteiger partial charge in [-0.15, -0.1) is 0 Å². The fourth-order valence-corrected chi connectivity index (χ4v) is 3.30. The quantitative estimate of drug-likeness (QED) is 0.308. The van der Waals surface area contributed by atoms with Crippen LogP contribution in [0, 0.1) is 0 Å². The molecule has 0 fully saturated rings. The van der Waals surface area contributed by atoms with Gasteiger partial charge in [0.05, 0.1) is 5.66 Å². The summed E-state index contributed by atoms with van der Waals surface area (Å²) in [7, 11) is -3.99. The minimum Gasteiger partial charge on any atom is -0.324 e. The topological polar surface area (TPSA) is 77.2 Å². The normalized spacial score (nSPS) is 14.9. The monoisotopic (exact) mass is 331 g/mol. The van der Waals surface area contributed by atoms with Crippen LogP contribution in [0.5, 0.6) is 0 Å². The third-order valence-corrected chi connectivity index (χ3v) is 5.68. The number of nitrogens with one attached hydrogen (secondary N) is 1. The second kappa shape index (κ2) is 10.2. The zero-order valence-electron chi connectivity index (χ0n) is 13.9. The van der Waals surface area contributed by atoms with Crippen molar-refractivity contribution in [3.63, 3.8) is 0 Å². The molecule has 0 aromatic carbocycles. The first-order valence-corrected chi connectivity index (χ1v) is 10.2. The van der Waals surface area contributed by atoms with Crippen molar-refractivity contribution in [1.29, 1.82) is 0 Å². The minimum atomic E-state index is -3.99. The van der Waals surface area contributed by atoms with Crippen LogP contribution >= 0.6 is 7.60 Å². The first-order valence-electron chi connectivity index (χ1n) is 8.54. The van der Waals surface area contributed by atoms with Crippen LogP contribution in [-0.4, -0.2) is 20.4 Å². The number of hydrogen-bond acceptors (Lipinski definition) is 1. The molecule has 0 aliphatic heterocycles. The Labute approximate surface area is 134 Å². The SMILES string of the molecule is CCCCCCCCCC(CC(C)P(=O)(O)O)[n+]1cc[nH]c1. The number of H-pyrrole nitrogens is 1. The Kier molecular flexibility index (Phi) is 8.99. The molecule has 0 aliphatic carbocycles. The lowest BCUT2D eigenvalue weighted by atomic mass is 10.0. The molecule has 128 valence electrons. The molecular formula is C16H32N2O3P+. The Morgan fingerprint density at radius 3 is 2.32 bits per heavy atom. The van der Waals surface area contributed by atoms with Gasteiger partial charge in [-0.1, -0.05) is 52.4 Å². The summed E-state index contributed by atoms with van der Waals surface area (Å²) in [5.74, 6) is 0. The third kappa shape index (κ3) is 7.57. The highest BCUT2D eigenvalue weighted by molar-refractivity contribution is 7.52. The zero-order chi connectivity index (χ0) is 16.4. The summed E-state index contributed by atoms with van der Waals surface area (Å²) in [6.45, 7) is 3.87. The molecule has 1 aromatic heterocycles. The Bertz CT molecular complexity index is 431. The van der Waals surface area contributed by atoms with E-state index >= 15 is 0 Å². The summed E-state index contributed by atoms with van der Waals surface area (Å²) < 4.78 is 13.4. The number of aromatic nitrogens is 2. The summed E-state index contributed by atoms with van der Waals surface area (Å²) in [5, 5.41) is 0. The lowest BCUT2D eigenvalue weighted by Gasteiger charge is -2.19. The van der Waals surface area contributed by atoms with Gasteiger partial charge >= 0.3 is 7.60 Å². The molecule has 2 unspecified atom stereocenters. The maximum absolute atomic E-state index is 11.4. The van der Waals surface area contributed by atoms with E-state index in [0.29, 0.717) is 6.42 Å². The van der Waals surface area contributed by atoms with Crippen LogP contribution in [0.2, 0.25) is 0 Å². The number of aromatic amines is 1. The van der Waals surface area contributed by atoms with E-state index in [-0.39, 0.29) is 6.04 Å². The number of nitrogens with zero attached hydrogens (tertiary/aromatic N) is 1. The van der Waals surface area contributed by atoms with E-state index in [0.717, 1.165) is 12.8 Å². The van der Waals surface area contributed by atoms with Crippen molar-refractivity contribution in [2.24, 2.45) is 0 Å². The van der Waals surface area contributed by atoms with Crippen LogP contribution < -0.4 is 4.57 Å². The number of rotatable bonds is 12. The average Bonchev–Trinajstić information content (AvgIpc) is 2.98. The van der Waals surface area contributed by atoms with Gasteiger partial charge in [0.15, 0.2) is 0 Å². The molecule has 0 radical (unpaired) electrons. The predicted molar refractivity (Wildman–Crippen MR) is 88.8 cm³/mol. The first kappa shape index (κ1) is 19.4. The van der Waals surface area contributed by atoms with E-state index in [1.165, 1.54) is 38.5 Å². The highest BCUT2D eigenvalue weighted by Crippen LogP contribution is 2.44. The Morgan fingerprint density at radius 1 is 1.14 bits per heavy atom. The van der Waals surface area contributed by atoms with E-state index in [4.69, 9.17) is 0 Å². The molecular weight excluding hydrogens is 299 g/mol. The summed E-state index contributed by atoms with van der Waals surface area (Å²) in [4.78, 5) is 21.7. The first-order chi connectivity index (χ1) is 10.4. The van der Waals surface area contributed by atoms with Gasteiger partial charge in [0.25, 0.3) is 0 Å². The molecule has 2 atom stereocenters. The van der Waals surface area contributed by atoms with Crippen LogP contribution in [0.1, 0.15) is 77.7 Å². The summed E-state index contributed by atoms with van der Waals surface area (Å²) in [5.41, 5.74) is -0.593. The molecule has 0 amide bonds. The van der Waals surface area contributed by atoms with Gasteiger partial charge in [0, 0.05) is 6.42 Å². The van der Waals surface area contributed by atoms with Crippen molar-refractivity contribution in [1.82, 2.24) is 4.98 Å². The second-order valence-electron chi connectivity index (χ2n) is 6.30. The van der Waals surface area contributed by atoms with Crippen molar-refractivity contribution >= 4 is 7.60 Å². The molecule has 1 aromatic rings. The molecule has 6 heteroatoms. The maximum Gasteiger partial charge on any atom is 0.328 e. The molecule has 1 rings (SSSR count). The predicted octanol–water partition coefficient (Wildman–Crippen LogP) is 3.94. The average molecular weight is 331 g/mol. The van der Waals surface area contributed by atoms with E-state index in [9.17, 15) is 14.4 Å². The second-order valence-corrected chi connectivity index (χ2v) is 8.36. The van der Waals surface area contributed by atoms with E-state index < -0.39 is 13.3 Å². The van der Waals surface area contributed by atoms with Gasteiger partial charge in [-0.05, 0) is 12.8 Å². The largest absolute Gasteiger partial charge is 0.328 e. The van der Waals surface area contributed by atoms with Gasteiger partial charge in [0.1, 0.15) is 18.4 Å². The van der Waals surface area contributed by atoms with Crippen molar-refractivity contribution in [2.75, 3.05) is 0 Å². The van der Waals surface area contributed by atoms with Crippen LogP contribution in [-0.2, 0) is 4.57 Å². The number of hydrogen-bond donors (Lipinski definition) is 3. The molecule has 22 heavy (non-hydrogen) atoms. The Balaban J connectivity index is 2.39. The maximum atomic E-state index is 11.4. The highest BCUT2D eigenvalue weighted by Gasteiger charge is 2.29. The van der Waals surface area contributed by atoms with Gasteiger partial charge in [0.2, 0.25) is 6.33 Å². The minimum absolute atomic E-state index is 0.157. The number of unbranched alkanes of at least 4 members (excludes halogenated alkanes) is 6. The van der Waals surface area contributed by atoms with Crippen LogP contribution in [0.3, 0.4) is 0 Å². The summed E-state index contributed by atoms with van der Waals surface area (Å²) in [6, 6.07) is 0.157. The standard InChI is InChI=1S/C16H31N2O3P/c1-3-4-5-6-7-8-9-10-16(18-12-11-17-14-18)13-15(2)22(19,20)21/h11-12,14-16H,3-10,13H2,1-2H3,(H2,19,20,21)/p+1. The molecule has 3 N–H and O–H groups in total. The van der Waals surface area contributed by atoms with Crippen LogP contribution in [0.25, 0.3) is 0 Å². The third-order valence-electron chi connectivity index (χ3n) is 4.32. The van der Waals surface area contributed by atoms with E-state index in [2.05, 4.69) is 11.9 Å². The lowest BCUT2D eigenvalue weighted by molar-refractivity contribution is -0.723. The summed E-state index contributed by atoms with van der Waals surface area (Å²) >= 11 is 0.